The topological polar surface area (TPSA) is 68.5 Å². The van der Waals surface area contributed by atoms with Crippen molar-refractivity contribution >= 4 is 23.5 Å². The van der Waals surface area contributed by atoms with Gasteiger partial charge in [0.25, 0.3) is 5.91 Å². The second kappa shape index (κ2) is 6.95. The molecule has 2 aromatic rings. The average molecular weight is 308 g/mol. The molecule has 1 aromatic heterocycles. The van der Waals surface area contributed by atoms with E-state index in [9.17, 15) is 9.59 Å². The summed E-state index contributed by atoms with van der Waals surface area (Å²) < 4.78 is 9.71. The van der Waals surface area contributed by atoms with Crippen LogP contribution >= 0.6 is 11.6 Å². The molecule has 6 heteroatoms. The molecule has 5 nitrogen and oxygen atoms in total. The second-order valence-corrected chi connectivity index (χ2v) is 4.83. The Morgan fingerprint density at radius 3 is 2.81 bits per heavy atom. The fraction of sp³-hybridized carbons (Fsp3) is 0.200. The maximum atomic E-state index is 11.7. The SMILES string of the molecule is C[C@@H](NC(=O)COC(=O)c1ccco1)c1cccc(Cl)c1. The van der Waals surface area contributed by atoms with Crippen LogP contribution in [0, 0.1) is 0 Å². The van der Waals surface area contributed by atoms with Gasteiger partial charge in [0.1, 0.15) is 0 Å². The van der Waals surface area contributed by atoms with Gasteiger partial charge in [-0.3, -0.25) is 4.79 Å². The summed E-state index contributed by atoms with van der Waals surface area (Å²) >= 11 is 5.89. The van der Waals surface area contributed by atoms with Gasteiger partial charge in [0.05, 0.1) is 12.3 Å². The molecule has 0 aliphatic carbocycles. The van der Waals surface area contributed by atoms with Crippen LogP contribution in [0.3, 0.4) is 0 Å². The van der Waals surface area contributed by atoms with Gasteiger partial charge in [-0.25, -0.2) is 4.79 Å². The molecular formula is C15H14ClNO4. The zero-order valence-electron chi connectivity index (χ0n) is 11.3. The molecule has 1 aromatic carbocycles. The predicted octanol–water partition coefficient (Wildman–Crippen LogP) is 2.97. The molecule has 0 spiro atoms. The molecule has 0 saturated heterocycles. The van der Waals surface area contributed by atoms with Gasteiger partial charge in [-0.15, -0.1) is 0 Å². The number of ether oxygens (including phenoxy) is 1. The first kappa shape index (κ1) is 15.1. The first-order valence-electron chi connectivity index (χ1n) is 6.31. The number of benzene rings is 1. The Bertz CT molecular complexity index is 624. The van der Waals surface area contributed by atoms with E-state index >= 15 is 0 Å². The maximum absolute atomic E-state index is 11.7. The van der Waals surface area contributed by atoms with Gasteiger partial charge < -0.3 is 14.5 Å². The molecule has 1 amide bonds. The van der Waals surface area contributed by atoms with E-state index in [1.54, 1.807) is 24.3 Å². The van der Waals surface area contributed by atoms with Crippen LogP contribution < -0.4 is 5.32 Å². The van der Waals surface area contributed by atoms with Crippen molar-refractivity contribution in [2.75, 3.05) is 6.61 Å². The van der Waals surface area contributed by atoms with Crippen LogP contribution in [0.5, 0.6) is 0 Å². The number of rotatable bonds is 5. The second-order valence-electron chi connectivity index (χ2n) is 4.40. The van der Waals surface area contributed by atoms with Crippen molar-refractivity contribution in [2.45, 2.75) is 13.0 Å². The number of furan rings is 1. The normalized spacial score (nSPS) is 11.7. The third-order valence-electron chi connectivity index (χ3n) is 2.78. The molecule has 0 aliphatic rings. The van der Waals surface area contributed by atoms with Gasteiger partial charge in [0.15, 0.2) is 6.61 Å². The molecule has 0 saturated carbocycles. The Balaban J connectivity index is 1.83. The van der Waals surface area contributed by atoms with Gasteiger partial charge >= 0.3 is 5.97 Å². The summed E-state index contributed by atoms with van der Waals surface area (Å²) in [5.41, 5.74) is 0.869. The summed E-state index contributed by atoms with van der Waals surface area (Å²) in [4.78, 5) is 23.2. The van der Waals surface area contributed by atoms with Gasteiger partial charge in [0.2, 0.25) is 5.76 Å². The van der Waals surface area contributed by atoms with Crippen LogP contribution in [0.2, 0.25) is 5.02 Å². The molecule has 0 bridgehead atoms. The van der Waals surface area contributed by atoms with Gasteiger partial charge in [-0.1, -0.05) is 23.7 Å². The van der Waals surface area contributed by atoms with Crippen molar-refractivity contribution in [2.24, 2.45) is 0 Å². The summed E-state index contributed by atoms with van der Waals surface area (Å²) in [6, 6.07) is 9.97. The van der Waals surface area contributed by atoms with Crippen LogP contribution in [-0.2, 0) is 9.53 Å². The van der Waals surface area contributed by atoms with Crippen molar-refractivity contribution < 1.29 is 18.7 Å². The van der Waals surface area contributed by atoms with E-state index < -0.39 is 11.9 Å². The quantitative estimate of drug-likeness (QED) is 0.862. The third kappa shape index (κ3) is 4.36. The van der Waals surface area contributed by atoms with E-state index in [4.69, 9.17) is 20.8 Å². The molecule has 2 rings (SSSR count). The molecule has 0 fully saturated rings. The average Bonchev–Trinajstić information content (AvgIpc) is 2.99. The predicted molar refractivity (Wildman–Crippen MR) is 77.0 cm³/mol. The lowest BCUT2D eigenvalue weighted by Gasteiger charge is -2.14. The Hall–Kier alpha value is -2.27. The minimum Gasteiger partial charge on any atom is -0.457 e. The number of esters is 1. The minimum atomic E-state index is -0.675. The summed E-state index contributed by atoms with van der Waals surface area (Å²) in [6.45, 7) is 1.45. The lowest BCUT2D eigenvalue weighted by Crippen LogP contribution is -2.31. The molecule has 1 N–H and O–H groups in total. The molecule has 21 heavy (non-hydrogen) atoms. The molecule has 110 valence electrons. The lowest BCUT2D eigenvalue weighted by molar-refractivity contribution is -0.124. The number of carbonyl (C=O) groups is 2. The number of amides is 1. The smallest absolute Gasteiger partial charge is 0.374 e. The number of carbonyl (C=O) groups excluding carboxylic acids is 2. The highest BCUT2D eigenvalue weighted by Crippen LogP contribution is 2.17. The van der Waals surface area contributed by atoms with Gasteiger partial charge in [-0.05, 0) is 36.8 Å². The first-order chi connectivity index (χ1) is 10.1. The third-order valence-corrected chi connectivity index (χ3v) is 3.02. The largest absolute Gasteiger partial charge is 0.457 e. The van der Waals surface area contributed by atoms with Crippen LogP contribution in [0.4, 0.5) is 0 Å². The number of nitrogens with one attached hydrogen (secondary N) is 1. The standard InChI is InChI=1S/C15H14ClNO4/c1-10(11-4-2-5-12(16)8-11)17-14(18)9-21-15(19)13-6-3-7-20-13/h2-8,10H,9H2,1H3,(H,17,18)/t10-/m1/s1. The van der Waals surface area contributed by atoms with E-state index in [1.165, 1.54) is 12.3 Å². The zero-order valence-corrected chi connectivity index (χ0v) is 12.1. The maximum Gasteiger partial charge on any atom is 0.374 e. The molecule has 1 heterocycles. The van der Waals surface area contributed by atoms with Crippen molar-refractivity contribution in [3.63, 3.8) is 0 Å². The van der Waals surface area contributed by atoms with Gasteiger partial charge in [0, 0.05) is 5.02 Å². The first-order valence-corrected chi connectivity index (χ1v) is 6.69. The van der Waals surface area contributed by atoms with E-state index in [2.05, 4.69) is 5.32 Å². The Labute approximate surface area is 126 Å². The Morgan fingerprint density at radius 2 is 2.14 bits per heavy atom. The monoisotopic (exact) mass is 307 g/mol. The summed E-state index contributed by atoms with van der Waals surface area (Å²) in [5.74, 6) is -1.02. The highest BCUT2D eigenvalue weighted by atomic mass is 35.5. The fourth-order valence-corrected chi connectivity index (χ4v) is 1.94. The Kier molecular flexibility index (Phi) is 5.00. The number of hydrogen-bond acceptors (Lipinski definition) is 4. The van der Waals surface area contributed by atoms with Crippen LogP contribution in [-0.4, -0.2) is 18.5 Å². The van der Waals surface area contributed by atoms with E-state index in [-0.39, 0.29) is 18.4 Å². The van der Waals surface area contributed by atoms with Gasteiger partial charge in [-0.2, -0.15) is 0 Å². The van der Waals surface area contributed by atoms with Crippen molar-refractivity contribution in [1.82, 2.24) is 5.32 Å². The Morgan fingerprint density at radius 1 is 1.33 bits per heavy atom. The summed E-state index contributed by atoms with van der Waals surface area (Å²) in [6.07, 6.45) is 1.36. The molecule has 0 radical (unpaired) electrons. The van der Waals surface area contributed by atoms with Crippen molar-refractivity contribution in [3.8, 4) is 0 Å². The summed E-state index contributed by atoms with van der Waals surface area (Å²) in [5, 5.41) is 3.31. The fourth-order valence-electron chi connectivity index (χ4n) is 1.74. The zero-order chi connectivity index (χ0) is 15.2. The van der Waals surface area contributed by atoms with Crippen molar-refractivity contribution in [3.05, 3.63) is 59.0 Å². The van der Waals surface area contributed by atoms with Crippen LogP contribution in [0.15, 0.2) is 47.1 Å². The highest BCUT2D eigenvalue weighted by molar-refractivity contribution is 6.30. The van der Waals surface area contributed by atoms with E-state index in [1.807, 2.05) is 13.0 Å². The molecule has 0 aliphatic heterocycles. The molecule has 0 unspecified atom stereocenters. The summed E-state index contributed by atoms with van der Waals surface area (Å²) in [7, 11) is 0. The number of hydrogen-bond donors (Lipinski definition) is 1. The number of halogens is 1. The minimum absolute atomic E-state index is 0.0608. The lowest BCUT2D eigenvalue weighted by atomic mass is 10.1. The van der Waals surface area contributed by atoms with Crippen LogP contribution in [0.1, 0.15) is 29.1 Å². The highest BCUT2D eigenvalue weighted by Gasteiger charge is 2.14. The van der Waals surface area contributed by atoms with E-state index in [0.717, 1.165) is 5.56 Å². The molecule has 1 atom stereocenters. The van der Waals surface area contributed by atoms with Crippen LogP contribution in [0.25, 0.3) is 0 Å². The molecular weight excluding hydrogens is 294 g/mol. The van der Waals surface area contributed by atoms with Crippen molar-refractivity contribution in [1.29, 1.82) is 0 Å². The van der Waals surface area contributed by atoms with E-state index in [0.29, 0.717) is 5.02 Å².